The normalized spacial score (nSPS) is 20.6. The number of ether oxygens (including phenoxy) is 1. The highest BCUT2D eigenvalue weighted by Gasteiger charge is 2.45. The Morgan fingerprint density at radius 3 is 2.62 bits per heavy atom. The summed E-state index contributed by atoms with van der Waals surface area (Å²) < 4.78 is 5.47. The third kappa shape index (κ3) is 2.51. The highest BCUT2D eigenvalue weighted by Crippen LogP contribution is 2.30. The maximum Gasteiger partial charge on any atom is 0.329 e. The Balaban J connectivity index is 1.88. The summed E-state index contributed by atoms with van der Waals surface area (Å²) in [5, 5.41) is 2.59. The summed E-state index contributed by atoms with van der Waals surface area (Å²) in [6.45, 7) is 3.74. The Labute approximate surface area is 121 Å². The lowest BCUT2D eigenvalue weighted by Crippen LogP contribution is -2.40. The van der Waals surface area contributed by atoms with Crippen LogP contribution in [-0.4, -0.2) is 29.1 Å². The molecule has 1 aromatic rings. The van der Waals surface area contributed by atoms with Crippen LogP contribution in [0.2, 0.25) is 0 Å². The van der Waals surface area contributed by atoms with Gasteiger partial charge in [0.15, 0.2) is 5.75 Å². The van der Waals surface area contributed by atoms with Crippen LogP contribution in [0.3, 0.4) is 0 Å². The van der Waals surface area contributed by atoms with Crippen LogP contribution in [0.15, 0.2) is 17.1 Å². The number of hydrogen-bond donors (Lipinski definition) is 2. The topological polar surface area (TPSA) is 91.5 Å². The van der Waals surface area contributed by atoms with Crippen molar-refractivity contribution in [2.24, 2.45) is 5.92 Å². The highest BCUT2D eigenvalue weighted by atomic mass is 16.5. The molecule has 0 radical (unpaired) electrons. The molecule has 112 valence electrons. The molecule has 7 nitrogen and oxygen atoms in total. The molecule has 2 fully saturated rings. The van der Waals surface area contributed by atoms with Crippen molar-refractivity contribution in [2.75, 3.05) is 11.5 Å². The van der Waals surface area contributed by atoms with E-state index in [1.165, 1.54) is 12.3 Å². The minimum absolute atomic E-state index is 0.129. The predicted octanol–water partition coefficient (Wildman–Crippen LogP) is 0.998. The molecule has 1 aromatic heterocycles. The van der Waals surface area contributed by atoms with Crippen molar-refractivity contribution in [3.8, 4) is 5.75 Å². The van der Waals surface area contributed by atoms with E-state index in [0.29, 0.717) is 18.2 Å². The molecule has 1 saturated carbocycles. The molecule has 0 bridgehead atoms. The lowest BCUT2D eigenvalue weighted by molar-refractivity contribution is -0.121. The van der Waals surface area contributed by atoms with E-state index in [4.69, 9.17) is 4.74 Å². The summed E-state index contributed by atoms with van der Waals surface area (Å²) >= 11 is 0. The van der Waals surface area contributed by atoms with Gasteiger partial charge >= 0.3 is 6.03 Å². The van der Waals surface area contributed by atoms with E-state index < -0.39 is 11.6 Å². The minimum atomic E-state index is -0.956. The zero-order valence-electron chi connectivity index (χ0n) is 11.9. The first-order valence-corrected chi connectivity index (χ1v) is 6.91. The van der Waals surface area contributed by atoms with Gasteiger partial charge in [-0.3, -0.25) is 9.59 Å². The van der Waals surface area contributed by atoms with Crippen molar-refractivity contribution in [1.29, 1.82) is 0 Å². The largest absolute Gasteiger partial charge is 0.488 e. The SMILES string of the molecule is CC1(C)NC(=O)N(c2c[nH]c(=O)c(OCC3CC3)c2)C1=O. The average Bonchev–Trinajstić information content (AvgIpc) is 3.19. The highest BCUT2D eigenvalue weighted by molar-refractivity contribution is 6.22. The van der Waals surface area contributed by atoms with Gasteiger partial charge in [0.25, 0.3) is 11.5 Å². The van der Waals surface area contributed by atoms with Gasteiger partial charge in [-0.25, -0.2) is 9.69 Å². The van der Waals surface area contributed by atoms with Gasteiger partial charge in [0, 0.05) is 12.3 Å². The summed E-state index contributed by atoms with van der Waals surface area (Å²) in [5.41, 5.74) is -1.03. The number of anilines is 1. The molecular formula is C14H17N3O4. The molecule has 7 heteroatoms. The molecule has 2 aliphatic rings. The summed E-state index contributed by atoms with van der Waals surface area (Å²) in [7, 11) is 0. The number of pyridine rings is 1. The number of nitrogens with one attached hydrogen (secondary N) is 2. The second kappa shape index (κ2) is 4.61. The Morgan fingerprint density at radius 1 is 1.33 bits per heavy atom. The minimum Gasteiger partial charge on any atom is -0.488 e. The zero-order valence-corrected chi connectivity index (χ0v) is 11.9. The Morgan fingerprint density at radius 2 is 2.05 bits per heavy atom. The molecule has 1 aliphatic carbocycles. The maximum absolute atomic E-state index is 12.2. The van der Waals surface area contributed by atoms with Gasteiger partial charge in [0.2, 0.25) is 0 Å². The number of nitrogens with zero attached hydrogens (tertiary/aromatic N) is 1. The number of carbonyl (C=O) groups excluding carboxylic acids is 2. The fourth-order valence-corrected chi connectivity index (χ4v) is 2.16. The molecule has 0 spiro atoms. The quantitative estimate of drug-likeness (QED) is 0.809. The van der Waals surface area contributed by atoms with E-state index in [1.807, 2.05) is 0 Å². The summed E-state index contributed by atoms with van der Waals surface area (Å²) in [5.74, 6) is 0.265. The van der Waals surface area contributed by atoms with Crippen molar-refractivity contribution in [3.63, 3.8) is 0 Å². The van der Waals surface area contributed by atoms with Crippen LogP contribution >= 0.6 is 0 Å². The third-order valence-corrected chi connectivity index (χ3v) is 3.64. The van der Waals surface area contributed by atoms with E-state index in [2.05, 4.69) is 10.3 Å². The molecule has 0 unspecified atom stereocenters. The zero-order chi connectivity index (χ0) is 15.2. The van der Waals surface area contributed by atoms with Crippen molar-refractivity contribution in [2.45, 2.75) is 32.2 Å². The molecule has 1 saturated heterocycles. The summed E-state index contributed by atoms with van der Waals surface area (Å²) in [4.78, 5) is 39.4. The molecule has 1 aliphatic heterocycles. The van der Waals surface area contributed by atoms with E-state index in [1.54, 1.807) is 13.8 Å². The fraction of sp³-hybridized carbons (Fsp3) is 0.500. The van der Waals surface area contributed by atoms with E-state index in [0.717, 1.165) is 17.7 Å². The van der Waals surface area contributed by atoms with Gasteiger partial charge in [-0.05, 0) is 32.6 Å². The average molecular weight is 291 g/mol. The Hall–Kier alpha value is -2.31. The number of aromatic amines is 1. The standard InChI is InChI=1S/C14H17N3O4/c1-14(2)12(19)17(13(20)16-14)9-5-10(11(18)15-6-9)21-7-8-3-4-8/h5-6,8H,3-4,7H2,1-2H3,(H,15,18)(H,16,20). The molecule has 21 heavy (non-hydrogen) atoms. The van der Waals surface area contributed by atoms with Gasteiger partial charge in [-0.2, -0.15) is 0 Å². The van der Waals surface area contributed by atoms with Crippen molar-refractivity contribution >= 4 is 17.6 Å². The number of H-pyrrole nitrogens is 1. The van der Waals surface area contributed by atoms with Crippen LogP contribution in [0.25, 0.3) is 0 Å². The van der Waals surface area contributed by atoms with Gasteiger partial charge in [-0.1, -0.05) is 0 Å². The van der Waals surface area contributed by atoms with Gasteiger partial charge in [-0.15, -0.1) is 0 Å². The monoisotopic (exact) mass is 291 g/mol. The van der Waals surface area contributed by atoms with Gasteiger partial charge in [0.1, 0.15) is 5.54 Å². The fourth-order valence-electron chi connectivity index (χ4n) is 2.16. The lowest BCUT2D eigenvalue weighted by atomic mass is 10.1. The van der Waals surface area contributed by atoms with Crippen LogP contribution in [0.4, 0.5) is 10.5 Å². The van der Waals surface area contributed by atoms with Crippen molar-refractivity contribution in [3.05, 3.63) is 22.6 Å². The third-order valence-electron chi connectivity index (χ3n) is 3.64. The molecule has 0 atom stereocenters. The molecule has 2 heterocycles. The first kappa shape index (κ1) is 13.7. The number of hydrogen-bond acceptors (Lipinski definition) is 4. The van der Waals surface area contributed by atoms with E-state index in [9.17, 15) is 14.4 Å². The van der Waals surface area contributed by atoms with E-state index in [-0.39, 0.29) is 17.2 Å². The second-order valence-corrected chi connectivity index (χ2v) is 6.00. The van der Waals surface area contributed by atoms with Crippen LogP contribution < -0.4 is 20.5 Å². The molecular weight excluding hydrogens is 274 g/mol. The first-order valence-electron chi connectivity index (χ1n) is 6.91. The van der Waals surface area contributed by atoms with E-state index >= 15 is 0 Å². The Kier molecular flexibility index (Phi) is 3.00. The molecule has 2 N–H and O–H groups in total. The lowest BCUT2D eigenvalue weighted by Gasteiger charge is -2.16. The van der Waals surface area contributed by atoms with Crippen LogP contribution in [0.5, 0.6) is 5.75 Å². The first-order chi connectivity index (χ1) is 9.88. The van der Waals surface area contributed by atoms with Gasteiger partial charge in [0.05, 0.1) is 12.3 Å². The maximum atomic E-state index is 12.2. The van der Waals surface area contributed by atoms with Crippen LogP contribution in [0, 0.1) is 5.92 Å². The molecule has 3 amide bonds. The number of amides is 3. The van der Waals surface area contributed by atoms with Crippen LogP contribution in [0.1, 0.15) is 26.7 Å². The molecule has 0 aromatic carbocycles. The second-order valence-electron chi connectivity index (χ2n) is 6.00. The predicted molar refractivity (Wildman–Crippen MR) is 75.4 cm³/mol. The van der Waals surface area contributed by atoms with Crippen LogP contribution in [-0.2, 0) is 4.79 Å². The van der Waals surface area contributed by atoms with Crippen molar-refractivity contribution < 1.29 is 14.3 Å². The number of aromatic nitrogens is 1. The summed E-state index contributed by atoms with van der Waals surface area (Å²) in [6.07, 6.45) is 3.56. The number of carbonyl (C=O) groups is 2. The Bertz CT molecular complexity index is 660. The molecule has 3 rings (SSSR count). The van der Waals surface area contributed by atoms with Crippen molar-refractivity contribution in [1.82, 2.24) is 10.3 Å². The number of imide groups is 1. The number of rotatable bonds is 4. The smallest absolute Gasteiger partial charge is 0.329 e. The number of urea groups is 1. The van der Waals surface area contributed by atoms with Gasteiger partial charge < -0.3 is 15.0 Å². The summed E-state index contributed by atoms with van der Waals surface area (Å²) in [6, 6.07) is 0.922.